The number of hydrogen-bond donors (Lipinski definition) is 1. The molecule has 0 aliphatic heterocycles. The fourth-order valence-electron chi connectivity index (χ4n) is 1.97. The van der Waals surface area contributed by atoms with Crippen LogP contribution in [0.3, 0.4) is 0 Å². The van der Waals surface area contributed by atoms with E-state index < -0.39 is 0 Å². The second-order valence-electron chi connectivity index (χ2n) is 4.94. The summed E-state index contributed by atoms with van der Waals surface area (Å²) < 4.78 is 5.82. The van der Waals surface area contributed by atoms with Crippen LogP contribution in [0.1, 0.15) is 26.3 Å². The Kier molecular flexibility index (Phi) is 5.99. The molecule has 18 heavy (non-hydrogen) atoms. The first kappa shape index (κ1) is 14.8. The third-order valence-electron chi connectivity index (χ3n) is 3.16. The number of anilines is 1. The predicted octanol–water partition coefficient (Wildman–Crippen LogP) is 2.93. The zero-order valence-corrected chi connectivity index (χ0v) is 12.1. The maximum Gasteiger partial charge on any atom is 0.142 e. The van der Waals surface area contributed by atoms with Crippen molar-refractivity contribution >= 4 is 5.69 Å². The van der Waals surface area contributed by atoms with Crippen LogP contribution in [0.25, 0.3) is 0 Å². The van der Waals surface area contributed by atoms with Crippen LogP contribution in [0.2, 0.25) is 0 Å². The summed E-state index contributed by atoms with van der Waals surface area (Å²) in [5.74, 6) is 1.31. The zero-order chi connectivity index (χ0) is 13.5. The van der Waals surface area contributed by atoms with Crippen molar-refractivity contribution in [3.8, 4) is 5.75 Å². The van der Waals surface area contributed by atoms with Crippen LogP contribution in [0.4, 0.5) is 5.69 Å². The Morgan fingerprint density at radius 2 is 1.94 bits per heavy atom. The lowest BCUT2D eigenvalue weighted by molar-refractivity contribution is 0.196. The Labute approximate surface area is 111 Å². The molecule has 3 heteroatoms. The van der Waals surface area contributed by atoms with Crippen molar-refractivity contribution in [2.45, 2.75) is 27.7 Å². The number of nitrogen functional groups attached to an aromatic ring is 1. The highest BCUT2D eigenvalue weighted by atomic mass is 16.5. The van der Waals surface area contributed by atoms with Crippen LogP contribution in [0, 0.1) is 12.8 Å². The largest absolute Gasteiger partial charge is 0.491 e. The lowest BCUT2D eigenvalue weighted by Crippen LogP contribution is -2.30. The van der Waals surface area contributed by atoms with E-state index in [0.29, 0.717) is 12.5 Å². The molecule has 0 saturated carbocycles. The molecule has 1 rings (SSSR count). The molecule has 1 aromatic rings. The normalized spacial score (nSPS) is 12.7. The van der Waals surface area contributed by atoms with E-state index in [1.807, 2.05) is 25.1 Å². The average molecular weight is 250 g/mol. The summed E-state index contributed by atoms with van der Waals surface area (Å²) in [7, 11) is 0. The van der Waals surface area contributed by atoms with Gasteiger partial charge in [-0.15, -0.1) is 0 Å². The Hall–Kier alpha value is -1.22. The number of hydrogen-bond acceptors (Lipinski definition) is 3. The number of nitrogens with two attached hydrogens (primary N) is 1. The van der Waals surface area contributed by atoms with Crippen LogP contribution in [0.5, 0.6) is 5.75 Å². The molecule has 102 valence electrons. The maximum atomic E-state index is 5.89. The standard InChI is InChI=1S/C15H26N2O/c1-5-17(6-2)10-13(4)11-18-15-9-12(3)7-8-14(15)16/h7-9,13H,5-6,10-11,16H2,1-4H3. The lowest BCUT2D eigenvalue weighted by Gasteiger charge is -2.23. The minimum absolute atomic E-state index is 0.504. The van der Waals surface area contributed by atoms with Gasteiger partial charge in [0.25, 0.3) is 0 Å². The van der Waals surface area contributed by atoms with E-state index in [0.717, 1.165) is 31.1 Å². The Balaban J connectivity index is 2.46. The molecule has 3 nitrogen and oxygen atoms in total. The SMILES string of the molecule is CCN(CC)CC(C)COc1cc(C)ccc1N. The molecule has 1 atom stereocenters. The third kappa shape index (κ3) is 4.57. The summed E-state index contributed by atoms with van der Waals surface area (Å²) in [6.45, 7) is 12.6. The molecule has 0 aliphatic carbocycles. The van der Waals surface area contributed by atoms with Gasteiger partial charge in [-0.3, -0.25) is 0 Å². The molecule has 1 aromatic carbocycles. The predicted molar refractivity (Wildman–Crippen MR) is 78.0 cm³/mol. The van der Waals surface area contributed by atoms with Crippen molar-refractivity contribution in [3.05, 3.63) is 23.8 Å². The number of ether oxygens (including phenoxy) is 1. The van der Waals surface area contributed by atoms with Crippen LogP contribution >= 0.6 is 0 Å². The number of benzene rings is 1. The van der Waals surface area contributed by atoms with Crippen molar-refractivity contribution in [2.75, 3.05) is 32.0 Å². The second kappa shape index (κ2) is 7.27. The molecule has 0 spiro atoms. The minimum Gasteiger partial charge on any atom is -0.491 e. The Bertz CT molecular complexity index is 362. The summed E-state index contributed by atoms with van der Waals surface area (Å²) >= 11 is 0. The van der Waals surface area contributed by atoms with Gasteiger partial charge >= 0.3 is 0 Å². The molecule has 0 bridgehead atoms. The van der Waals surface area contributed by atoms with Gasteiger partial charge in [-0.2, -0.15) is 0 Å². The van der Waals surface area contributed by atoms with Crippen molar-refractivity contribution < 1.29 is 4.74 Å². The quantitative estimate of drug-likeness (QED) is 0.756. The first-order valence-corrected chi connectivity index (χ1v) is 6.78. The number of rotatable bonds is 7. The van der Waals surface area contributed by atoms with Gasteiger partial charge in [-0.25, -0.2) is 0 Å². The summed E-state index contributed by atoms with van der Waals surface area (Å²) in [6.07, 6.45) is 0. The van der Waals surface area contributed by atoms with Crippen molar-refractivity contribution in [1.82, 2.24) is 4.90 Å². The van der Waals surface area contributed by atoms with Crippen LogP contribution in [-0.4, -0.2) is 31.1 Å². The Morgan fingerprint density at radius 1 is 1.28 bits per heavy atom. The maximum absolute atomic E-state index is 5.89. The number of nitrogens with zero attached hydrogens (tertiary/aromatic N) is 1. The van der Waals surface area contributed by atoms with E-state index >= 15 is 0 Å². The van der Waals surface area contributed by atoms with E-state index in [-0.39, 0.29) is 0 Å². The van der Waals surface area contributed by atoms with Gasteiger partial charge in [0.1, 0.15) is 5.75 Å². The number of aryl methyl sites for hydroxylation is 1. The summed E-state index contributed by atoms with van der Waals surface area (Å²) in [4.78, 5) is 2.41. The molecule has 0 saturated heterocycles. The highest BCUT2D eigenvalue weighted by Crippen LogP contribution is 2.22. The van der Waals surface area contributed by atoms with Gasteiger partial charge in [-0.1, -0.05) is 26.8 Å². The molecule has 0 radical (unpaired) electrons. The highest BCUT2D eigenvalue weighted by Gasteiger charge is 2.09. The van der Waals surface area contributed by atoms with Crippen molar-refractivity contribution in [3.63, 3.8) is 0 Å². The van der Waals surface area contributed by atoms with Crippen LogP contribution in [0.15, 0.2) is 18.2 Å². The van der Waals surface area contributed by atoms with Crippen LogP contribution < -0.4 is 10.5 Å². The van der Waals surface area contributed by atoms with Gasteiger partial charge in [-0.05, 0) is 37.7 Å². The molecular weight excluding hydrogens is 224 g/mol. The van der Waals surface area contributed by atoms with E-state index in [1.54, 1.807) is 0 Å². The van der Waals surface area contributed by atoms with Gasteiger partial charge in [0.05, 0.1) is 12.3 Å². The molecule has 1 unspecified atom stereocenters. The monoisotopic (exact) mass is 250 g/mol. The van der Waals surface area contributed by atoms with Gasteiger partial charge < -0.3 is 15.4 Å². The highest BCUT2D eigenvalue weighted by molar-refractivity contribution is 5.53. The summed E-state index contributed by atoms with van der Waals surface area (Å²) in [5.41, 5.74) is 7.79. The Morgan fingerprint density at radius 3 is 2.56 bits per heavy atom. The van der Waals surface area contributed by atoms with E-state index in [2.05, 4.69) is 25.7 Å². The lowest BCUT2D eigenvalue weighted by atomic mass is 10.1. The van der Waals surface area contributed by atoms with Gasteiger partial charge in [0, 0.05) is 12.5 Å². The fourth-order valence-corrected chi connectivity index (χ4v) is 1.97. The first-order chi connectivity index (χ1) is 8.56. The molecule has 0 amide bonds. The average Bonchev–Trinajstić information content (AvgIpc) is 2.37. The molecule has 0 aliphatic rings. The third-order valence-corrected chi connectivity index (χ3v) is 3.16. The van der Waals surface area contributed by atoms with Gasteiger partial charge in [0.2, 0.25) is 0 Å². The topological polar surface area (TPSA) is 38.5 Å². The molecular formula is C15H26N2O. The molecule has 0 heterocycles. The van der Waals surface area contributed by atoms with Crippen LogP contribution in [-0.2, 0) is 0 Å². The molecule has 2 N–H and O–H groups in total. The summed E-state index contributed by atoms with van der Waals surface area (Å²) in [5, 5.41) is 0. The van der Waals surface area contributed by atoms with Gasteiger partial charge in [0.15, 0.2) is 0 Å². The fraction of sp³-hybridized carbons (Fsp3) is 0.600. The second-order valence-corrected chi connectivity index (χ2v) is 4.94. The molecule has 0 aromatic heterocycles. The van der Waals surface area contributed by atoms with E-state index in [9.17, 15) is 0 Å². The molecule has 0 fully saturated rings. The van der Waals surface area contributed by atoms with Crippen molar-refractivity contribution in [1.29, 1.82) is 0 Å². The van der Waals surface area contributed by atoms with E-state index in [1.165, 1.54) is 5.56 Å². The first-order valence-electron chi connectivity index (χ1n) is 6.78. The summed E-state index contributed by atoms with van der Waals surface area (Å²) in [6, 6.07) is 5.90. The van der Waals surface area contributed by atoms with E-state index in [4.69, 9.17) is 10.5 Å². The van der Waals surface area contributed by atoms with Crippen molar-refractivity contribution in [2.24, 2.45) is 5.92 Å². The minimum atomic E-state index is 0.504. The smallest absolute Gasteiger partial charge is 0.142 e. The zero-order valence-electron chi connectivity index (χ0n) is 12.1.